The molecule has 2 aromatic carbocycles. The summed E-state index contributed by atoms with van der Waals surface area (Å²) in [5.74, 6) is -5.21. The number of amides is 1. The Morgan fingerprint density at radius 1 is 1.15 bits per heavy atom. The lowest BCUT2D eigenvalue weighted by molar-refractivity contribution is -0.306. The van der Waals surface area contributed by atoms with Crippen molar-refractivity contribution >= 4 is 35.0 Å². The maximum atomic E-state index is 14.4. The van der Waals surface area contributed by atoms with Gasteiger partial charge in [0.05, 0.1) is 24.1 Å². The molecule has 1 saturated heterocycles. The Balaban J connectivity index is 2.23. The molecule has 1 aliphatic heterocycles. The Kier molecular flexibility index (Phi) is 4.96. The average molecular weight is 389 g/mol. The number of ketones is 1. The van der Waals surface area contributed by atoms with Crippen molar-refractivity contribution in [3.63, 3.8) is 0 Å². The van der Waals surface area contributed by atoms with Crippen LogP contribution >= 0.6 is 11.6 Å². The van der Waals surface area contributed by atoms with Crippen LogP contribution in [0.4, 0.5) is 4.39 Å². The molecule has 1 atom stereocenters. The van der Waals surface area contributed by atoms with Crippen LogP contribution in [0.5, 0.6) is 0 Å². The second-order valence-electron chi connectivity index (χ2n) is 5.83. The molecule has 0 spiro atoms. The SMILES string of the molecule is O=C([O-])CN1C(=O)C(=O)C(=C(O)c2ccc(Cl)cc2)[C@@H]1c1ccccc1F. The number of halogens is 2. The van der Waals surface area contributed by atoms with E-state index in [-0.39, 0.29) is 11.1 Å². The number of Topliss-reactive ketones (excluding diaryl/α,β-unsaturated/α-hetero) is 1. The molecule has 6 nitrogen and oxygen atoms in total. The zero-order valence-electron chi connectivity index (χ0n) is 13.7. The van der Waals surface area contributed by atoms with Crippen LogP contribution in [0, 0.1) is 5.82 Å². The van der Waals surface area contributed by atoms with Gasteiger partial charge in [-0.05, 0) is 30.3 Å². The summed E-state index contributed by atoms with van der Waals surface area (Å²) in [6.07, 6.45) is 0. The van der Waals surface area contributed by atoms with Gasteiger partial charge >= 0.3 is 0 Å². The van der Waals surface area contributed by atoms with Crippen molar-refractivity contribution in [1.82, 2.24) is 4.90 Å². The maximum Gasteiger partial charge on any atom is 0.295 e. The first-order valence-electron chi connectivity index (χ1n) is 7.80. The van der Waals surface area contributed by atoms with Gasteiger partial charge in [-0.2, -0.15) is 0 Å². The topological polar surface area (TPSA) is 97.7 Å². The number of nitrogens with zero attached hydrogens (tertiary/aromatic N) is 1. The van der Waals surface area contributed by atoms with Crippen LogP contribution in [0.15, 0.2) is 54.1 Å². The van der Waals surface area contributed by atoms with E-state index in [1.54, 1.807) is 0 Å². The van der Waals surface area contributed by atoms with Crippen molar-refractivity contribution in [2.24, 2.45) is 0 Å². The Morgan fingerprint density at radius 3 is 2.37 bits per heavy atom. The number of aliphatic hydroxyl groups is 1. The molecule has 0 aliphatic carbocycles. The molecule has 1 fully saturated rings. The maximum absolute atomic E-state index is 14.4. The smallest absolute Gasteiger partial charge is 0.295 e. The standard InChI is InChI=1S/C19H13ClFNO5/c20-11-7-5-10(6-8-11)17(25)15-16(12-3-1-2-4-13(12)21)22(9-14(23)24)19(27)18(15)26/h1-8,16,25H,9H2,(H,23,24)/p-1/t16-/m0/s1. The van der Waals surface area contributed by atoms with Gasteiger partial charge in [0.15, 0.2) is 0 Å². The molecule has 0 unspecified atom stereocenters. The summed E-state index contributed by atoms with van der Waals surface area (Å²) in [5.41, 5.74) is -0.352. The minimum absolute atomic E-state index is 0.117. The third-order valence-corrected chi connectivity index (χ3v) is 4.41. The molecule has 1 aliphatic rings. The molecule has 27 heavy (non-hydrogen) atoms. The van der Waals surface area contributed by atoms with E-state index in [4.69, 9.17) is 11.6 Å². The monoisotopic (exact) mass is 388 g/mol. The van der Waals surface area contributed by atoms with E-state index in [9.17, 15) is 29.0 Å². The van der Waals surface area contributed by atoms with E-state index in [1.807, 2.05) is 0 Å². The molecule has 0 radical (unpaired) electrons. The molecule has 8 heteroatoms. The van der Waals surface area contributed by atoms with Crippen LogP contribution in [0.25, 0.3) is 5.76 Å². The molecular formula is C19H12ClFNO5-. The summed E-state index contributed by atoms with van der Waals surface area (Å²) >= 11 is 5.80. The fraction of sp³-hybridized carbons (Fsp3) is 0.105. The van der Waals surface area contributed by atoms with Gasteiger partial charge in [0, 0.05) is 16.1 Å². The van der Waals surface area contributed by atoms with E-state index in [0.717, 1.165) is 6.07 Å². The van der Waals surface area contributed by atoms with E-state index in [0.29, 0.717) is 9.92 Å². The number of rotatable bonds is 4. The minimum atomic E-state index is -1.62. The highest BCUT2D eigenvalue weighted by atomic mass is 35.5. The molecule has 1 amide bonds. The summed E-state index contributed by atoms with van der Waals surface area (Å²) in [4.78, 5) is 36.5. The van der Waals surface area contributed by atoms with E-state index in [1.165, 1.54) is 42.5 Å². The molecule has 0 saturated carbocycles. The van der Waals surface area contributed by atoms with Crippen molar-refractivity contribution in [2.75, 3.05) is 6.54 Å². The van der Waals surface area contributed by atoms with Crippen molar-refractivity contribution < 1.29 is 29.0 Å². The van der Waals surface area contributed by atoms with E-state index >= 15 is 0 Å². The first-order valence-corrected chi connectivity index (χ1v) is 8.17. The number of carboxylic acids is 1. The van der Waals surface area contributed by atoms with Gasteiger partial charge in [-0.3, -0.25) is 9.59 Å². The summed E-state index contributed by atoms with van der Waals surface area (Å²) < 4.78 is 14.4. The Hall–Kier alpha value is -3.19. The second kappa shape index (κ2) is 7.20. The zero-order chi connectivity index (χ0) is 19.7. The van der Waals surface area contributed by atoms with Gasteiger partial charge in [0.2, 0.25) is 0 Å². The van der Waals surface area contributed by atoms with Gasteiger partial charge in [-0.25, -0.2) is 4.39 Å². The summed E-state index contributed by atoms with van der Waals surface area (Å²) in [5, 5.41) is 22.1. The predicted octanol–water partition coefficient (Wildman–Crippen LogP) is 1.65. The lowest BCUT2D eigenvalue weighted by Crippen LogP contribution is -2.40. The van der Waals surface area contributed by atoms with Crippen LogP contribution in [0.1, 0.15) is 17.2 Å². The molecule has 3 rings (SSSR count). The summed E-state index contributed by atoms with van der Waals surface area (Å²) in [6, 6.07) is 9.66. The molecule has 1 heterocycles. The number of hydrogen-bond acceptors (Lipinski definition) is 5. The van der Waals surface area contributed by atoms with Crippen LogP contribution in [0.3, 0.4) is 0 Å². The van der Waals surface area contributed by atoms with Crippen molar-refractivity contribution in [2.45, 2.75) is 6.04 Å². The largest absolute Gasteiger partial charge is 0.548 e. The van der Waals surface area contributed by atoms with E-state index in [2.05, 4.69) is 0 Å². The number of carboxylic acid groups (broad SMARTS) is 1. The van der Waals surface area contributed by atoms with Crippen LogP contribution in [0.2, 0.25) is 5.02 Å². The quantitative estimate of drug-likeness (QED) is 0.488. The molecular weight excluding hydrogens is 377 g/mol. The third kappa shape index (κ3) is 3.41. The summed E-state index contributed by atoms with van der Waals surface area (Å²) in [7, 11) is 0. The van der Waals surface area contributed by atoms with Crippen LogP contribution in [-0.4, -0.2) is 34.2 Å². The van der Waals surface area contributed by atoms with Gasteiger partial charge in [-0.1, -0.05) is 29.8 Å². The summed E-state index contributed by atoms with van der Waals surface area (Å²) in [6.45, 7) is -0.930. The predicted molar refractivity (Wildman–Crippen MR) is 91.9 cm³/mol. The van der Waals surface area contributed by atoms with E-state index < -0.39 is 47.4 Å². The highest BCUT2D eigenvalue weighted by Gasteiger charge is 2.46. The lowest BCUT2D eigenvalue weighted by atomic mass is 9.95. The number of benzene rings is 2. The fourth-order valence-corrected chi connectivity index (χ4v) is 3.09. The minimum Gasteiger partial charge on any atom is -0.548 e. The number of aliphatic hydroxyl groups excluding tert-OH is 1. The van der Waals surface area contributed by atoms with Crippen molar-refractivity contribution in [3.05, 3.63) is 76.1 Å². The number of carbonyl (C=O) groups is 3. The van der Waals surface area contributed by atoms with Gasteiger partial charge < -0.3 is 19.9 Å². The van der Waals surface area contributed by atoms with Gasteiger partial charge in [0.1, 0.15) is 11.6 Å². The molecule has 1 N–H and O–H groups in total. The van der Waals surface area contributed by atoms with Crippen molar-refractivity contribution in [1.29, 1.82) is 0 Å². The molecule has 2 aromatic rings. The van der Waals surface area contributed by atoms with Crippen molar-refractivity contribution in [3.8, 4) is 0 Å². The second-order valence-corrected chi connectivity index (χ2v) is 6.26. The van der Waals surface area contributed by atoms with Crippen LogP contribution < -0.4 is 5.11 Å². The van der Waals surface area contributed by atoms with Crippen LogP contribution in [-0.2, 0) is 14.4 Å². The number of aliphatic carboxylic acids is 1. The highest BCUT2D eigenvalue weighted by molar-refractivity contribution is 6.46. The molecule has 0 aromatic heterocycles. The Labute approximate surface area is 158 Å². The number of likely N-dealkylation sites (tertiary alicyclic amines) is 1. The number of hydrogen-bond donors (Lipinski definition) is 1. The van der Waals surface area contributed by atoms with Gasteiger partial charge in [0.25, 0.3) is 11.7 Å². The lowest BCUT2D eigenvalue weighted by Gasteiger charge is -2.25. The molecule has 0 bridgehead atoms. The molecule has 138 valence electrons. The first-order chi connectivity index (χ1) is 12.8. The highest BCUT2D eigenvalue weighted by Crippen LogP contribution is 2.40. The zero-order valence-corrected chi connectivity index (χ0v) is 14.4. The first kappa shape index (κ1) is 18.6. The Morgan fingerprint density at radius 2 is 1.78 bits per heavy atom. The average Bonchev–Trinajstić information content (AvgIpc) is 2.86. The number of carbonyl (C=O) groups excluding carboxylic acids is 3. The van der Waals surface area contributed by atoms with Gasteiger partial charge in [-0.15, -0.1) is 0 Å². The fourth-order valence-electron chi connectivity index (χ4n) is 2.97. The Bertz CT molecular complexity index is 970. The normalized spacial score (nSPS) is 18.7. The third-order valence-electron chi connectivity index (χ3n) is 4.16.